The van der Waals surface area contributed by atoms with Crippen molar-refractivity contribution in [2.45, 2.75) is 6.92 Å². The zero-order valence-corrected chi connectivity index (χ0v) is 9.99. The molecule has 0 aliphatic rings. The zero-order chi connectivity index (χ0) is 12.4. The molecule has 0 bridgehead atoms. The third-order valence-corrected chi connectivity index (χ3v) is 2.68. The Labute approximate surface area is 105 Å². The molecule has 0 amide bonds. The van der Waals surface area contributed by atoms with Gasteiger partial charge in [0.25, 0.3) is 0 Å². The van der Waals surface area contributed by atoms with Gasteiger partial charge in [0.15, 0.2) is 0 Å². The number of hydrogen-bond acceptors (Lipinski definition) is 3. The van der Waals surface area contributed by atoms with E-state index in [0.29, 0.717) is 0 Å². The molecule has 0 unspecified atom stereocenters. The van der Waals surface area contributed by atoms with Gasteiger partial charge in [-0.3, -0.25) is 4.57 Å². The van der Waals surface area contributed by atoms with Crippen molar-refractivity contribution in [2.75, 3.05) is 0 Å². The van der Waals surface area contributed by atoms with E-state index in [0.717, 1.165) is 22.9 Å². The van der Waals surface area contributed by atoms with Crippen molar-refractivity contribution >= 4 is 0 Å². The van der Waals surface area contributed by atoms with Gasteiger partial charge in [-0.1, -0.05) is 30.3 Å². The highest BCUT2D eigenvalue weighted by Crippen LogP contribution is 2.17. The molecular weight excluding hydrogens is 224 g/mol. The Kier molecular flexibility index (Phi) is 2.61. The van der Waals surface area contributed by atoms with E-state index >= 15 is 0 Å². The molecule has 0 aliphatic heterocycles. The van der Waals surface area contributed by atoms with Gasteiger partial charge in [0.1, 0.15) is 18.0 Å². The third-order valence-electron chi connectivity index (χ3n) is 2.68. The molecule has 2 aromatic heterocycles. The van der Waals surface area contributed by atoms with E-state index < -0.39 is 0 Å². The normalized spacial score (nSPS) is 10.5. The van der Waals surface area contributed by atoms with Crippen LogP contribution in [0.5, 0.6) is 0 Å². The summed E-state index contributed by atoms with van der Waals surface area (Å²) < 4.78 is 1.90. The van der Waals surface area contributed by atoms with Crippen molar-refractivity contribution in [2.24, 2.45) is 0 Å². The average Bonchev–Trinajstić information content (AvgIpc) is 2.89. The zero-order valence-electron chi connectivity index (χ0n) is 9.99. The van der Waals surface area contributed by atoms with Crippen LogP contribution in [0.2, 0.25) is 0 Å². The molecule has 18 heavy (non-hydrogen) atoms. The van der Waals surface area contributed by atoms with Gasteiger partial charge in [0.05, 0.1) is 5.69 Å². The maximum atomic E-state index is 4.40. The summed E-state index contributed by atoms with van der Waals surface area (Å²) in [5.41, 5.74) is 2.04. The summed E-state index contributed by atoms with van der Waals surface area (Å²) in [5.74, 6) is 1.58. The molecule has 1 aromatic carbocycles. The number of rotatable bonds is 2. The Balaban J connectivity index is 2.00. The predicted octanol–water partition coefficient (Wildman–Crippen LogP) is 2.64. The minimum atomic E-state index is 0.752. The molecule has 3 rings (SSSR count). The van der Waals surface area contributed by atoms with E-state index in [1.165, 1.54) is 0 Å². The molecule has 4 heteroatoms. The Hall–Kier alpha value is -2.49. The van der Waals surface area contributed by atoms with Crippen LogP contribution >= 0.6 is 0 Å². The molecule has 3 aromatic rings. The van der Waals surface area contributed by atoms with Crippen LogP contribution in [0, 0.1) is 6.92 Å². The first kappa shape index (κ1) is 10.7. The van der Waals surface area contributed by atoms with Gasteiger partial charge in [0, 0.05) is 18.0 Å². The van der Waals surface area contributed by atoms with Gasteiger partial charge in [-0.05, 0) is 13.0 Å². The van der Waals surface area contributed by atoms with Crippen LogP contribution in [-0.2, 0) is 0 Å². The molecule has 88 valence electrons. The first-order chi connectivity index (χ1) is 8.83. The largest absolute Gasteiger partial charge is 0.290 e. The molecule has 4 nitrogen and oxygen atoms in total. The molecule has 0 fully saturated rings. The van der Waals surface area contributed by atoms with E-state index in [1.807, 2.05) is 54.1 Å². The van der Waals surface area contributed by atoms with E-state index in [-0.39, 0.29) is 0 Å². The molecule has 0 N–H and O–H groups in total. The van der Waals surface area contributed by atoms with E-state index in [4.69, 9.17) is 0 Å². The smallest absolute Gasteiger partial charge is 0.141 e. The van der Waals surface area contributed by atoms with Gasteiger partial charge in [0.2, 0.25) is 0 Å². The van der Waals surface area contributed by atoms with Crippen molar-refractivity contribution in [3.8, 4) is 17.1 Å². The Bertz CT molecular complexity index is 658. The van der Waals surface area contributed by atoms with Crippen LogP contribution in [0.4, 0.5) is 0 Å². The van der Waals surface area contributed by atoms with Crippen molar-refractivity contribution in [1.29, 1.82) is 0 Å². The van der Waals surface area contributed by atoms with E-state index in [9.17, 15) is 0 Å². The highest BCUT2D eigenvalue weighted by molar-refractivity contribution is 5.58. The quantitative estimate of drug-likeness (QED) is 0.687. The highest BCUT2D eigenvalue weighted by Gasteiger charge is 2.03. The van der Waals surface area contributed by atoms with Gasteiger partial charge in [-0.2, -0.15) is 0 Å². The predicted molar refractivity (Wildman–Crippen MR) is 69.3 cm³/mol. The van der Waals surface area contributed by atoms with Crippen molar-refractivity contribution < 1.29 is 0 Å². The lowest BCUT2D eigenvalue weighted by molar-refractivity contribution is 0.937. The van der Waals surface area contributed by atoms with Gasteiger partial charge >= 0.3 is 0 Å². The number of imidazole rings is 1. The van der Waals surface area contributed by atoms with Crippen LogP contribution in [0.3, 0.4) is 0 Å². The van der Waals surface area contributed by atoms with Crippen molar-refractivity contribution in [3.63, 3.8) is 0 Å². The second kappa shape index (κ2) is 4.41. The molecule has 2 heterocycles. The lowest BCUT2D eigenvalue weighted by Gasteiger charge is -2.00. The Morgan fingerprint density at radius 3 is 2.61 bits per heavy atom. The Morgan fingerprint density at radius 1 is 1.00 bits per heavy atom. The summed E-state index contributed by atoms with van der Waals surface area (Å²) in [7, 11) is 0. The minimum absolute atomic E-state index is 0.752. The number of aromatic nitrogens is 4. The first-order valence-electron chi connectivity index (χ1n) is 5.72. The summed E-state index contributed by atoms with van der Waals surface area (Å²) in [6.07, 6.45) is 5.49. The van der Waals surface area contributed by atoms with Gasteiger partial charge < -0.3 is 0 Å². The first-order valence-corrected chi connectivity index (χ1v) is 5.72. The summed E-state index contributed by atoms with van der Waals surface area (Å²) >= 11 is 0. The van der Waals surface area contributed by atoms with Gasteiger partial charge in [-0.25, -0.2) is 15.0 Å². The number of benzene rings is 1. The standard InChI is InChI=1S/C14H12N4/c1-11-15-8-7-14(17-11)18-9-13(16-10-18)12-5-3-2-4-6-12/h2-10H,1H3. The fraction of sp³-hybridized carbons (Fsp3) is 0.0714. The maximum Gasteiger partial charge on any atom is 0.141 e. The average molecular weight is 236 g/mol. The summed E-state index contributed by atoms with van der Waals surface area (Å²) in [5, 5.41) is 0. The topological polar surface area (TPSA) is 43.6 Å². The van der Waals surface area contributed by atoms with Crippen LogP contribution in [0.25, 0.3) is 17.1 Å². The molecule has 0 spiro atoms. The summed E-state index contributed by atoms with van der Waals surface area (Å²) in [6.45, 7) is 1.87. The number of aryl methyl sites for hydroxylation is 1. The summed E-state index contributed by atoms with van der Waals surface area (Å²) in [6, 6.07) is 11.9. The van der Waals surface area contributed by atoms with E-state index in [2.05, 4.69) is 15.0 Å². The van der Waals surface area contributed by atoms with Gasteiger partial charge in [-0.15, -0.1) is 0 Å². The lowest BCUT2D eigenvalue weighted by atomic mass is 10.2. The van der Waals surface area contributed by atoms with E-state index in [1.54, 1.807) is 12.5 Å². The molecular formula is C14H12N4. The van der Waals surface area contributed by atoms with Crippen LogP contribution in [0.15, 0.2) is 55.1 Å². The maximum absolute atomic E-state index is 4.40. The number of nitrogens with zero attached hydrogens (tertiary/aromatic N) is 4. The van der Waals surface area contributed by atoms with Crippen LogP contribution in [0.1, 0.15) is 5.82 Å². The molecule has 0 aliphatic carbocycles. The minimum Gasteiger partial charge on any atom is -0.290 e. The molecule has 0 saturated heterocycles. The fourth-order valence-electron chi connectivity index (χ4n) is 1.79. The highest BCUT2D eigenvalue weighted by atomic mass is 15.1. The van der Waals surface area contributed by atoms with Crippen LogP contribution < -0.4 is 0 Å². The lowest BCUT2D eigenvalue weighted by Crippen LogP contribution is -1.96. The van der Waals surface area contributed by atoms with Crippen LogP contribution in [-0.4, -0.2) is 19.5 Å². The second-order valence-corrected chi connectivity index (χ2v) is 3.99. The van der Waals surface area contributed by atoms with Crippen molar-refractivity contribution in [3.05, 3.63) is 60.9 Å². The molecule has 0 atom stereocenters. The fourth-order valence-corrected chi connectivity index (χ4v) is 1.79. The van der Waals surface area contributed by atoms with Crippen molar-refractivity contribution in [1.82, 2.24) is 19.5 Å². The monoisotopic (exact) mass is 236 g/mol. The molecule has 0 radical (unpaired) electrons. The number of hydrogen-bond donors (Lipinski definition) is 0. The molecule has 0 saturated carbocycles. The second-order valence-electron chi connectivity index (χ2n) is 3.99. The summed E-state index contributed by atoms with van der Waals surface area (Å²) in [4.78, 5) is 12.8. The SMILES string of the molecule is Cc1nccc(-n2cnc(-c3ccccc3)c2)n1. The third kappa shape index (κ3) is 2.00. The Morgan fingerprint density at radius 2 is 1.83 bits per heavy atom.